The number of amides is 2. The lowest BCUT2D eigenvalue weighted by atomic mass is 10.1. The van der Waals surface area contributed by atoms with Crippen molar-refractivity contribution in [3.05, 3.63) is 89.0 Å². The van der Waals surface area contributed by atoms with Crippen LogP contribution in [0.3, 0.4) is 0 Å². The highest BCUT2D eigenvalue weighted by Gasteiger charge is 2.36. The number of ether oxygens (including phenoxy) is 1. The summed E-state index contributed by atoms with van der Waals surface area (Å²) < 4.78 is 49.2. The van der Waals surface area contributed by atoms with Crippen molar-refractivity contribution < 1.29 is 27.5 Å². The Labute approximate surface area is 229 Å². The molecule has 0 radical (unpaired) electrons. The Morgan fingerprint density at radius 1 is 0.950 bits per heavy atom. The minimum Gasteiger partial charge on any atom is -0.497 e. The first kappa shape index (κ1) is 26.7. The Morgan fingerprint density at radius 3 is 2.30 bits per heavy atom. The van der Waals surface area contributed by atoms with Crippen molar-refractivity contribution in [2.75, 3.05) is 17.7 Å². The first-order valence-corrected chi connectivity index (χ1v) is 11.9. The van der Waals surface area contributed by atoms with Crippen LogP contribution in [0.25, 0.3) is 16.9 Å². The van der Waals surface area contributed by atoms with Crippen molar-refractivity contribution >= 4 is 40.4 Å². The van der Waals surface area contributed by atoms with E-state index in [9.17, 15) is 22.8 Å². The van der Waals surface area contributed by atoms with Gasteiger partial charge in [0, 0.05) is 30.2 Å². The summed E-state index contributed by atoms with van der Waals surface area (Å²) in [5, 5.41) is 12.7. The van der Waals surface area contributed by atoms with Gasteiger partial charge in [-0.15, -0.1) is 0 Å². The largest absolute Gasteiger partial charge is 0.497 e. The first-order chi connectivity index (χ1) is 19.0. The minimum absolute atomic E-state index is 0.0381. The van der Waals surface area contributed by atoms with Gasteiger partial charge in [0.15, 0.2) is 22.7 Å². The fourth-order valence-corrected chi connectivity index (χ4v) is 4.11. The number of halogens is 4. The number of rotatable bonds is 6. The number of fused-ring (bicyclic) bond motifs is 1. The number of nitrogens with zero attached hydrogens (tertiary/aromatic N) is 5. The van der Waals surface area contributed by atoms with Crippen molar-refractivity contribution in [1.29, 1.82) is 0 Å². The van der Waals surface area contributed by atoms with Crippen LogP contribution in [-0.2, 0) is 13.2 Å². The Kier molecular flexibility index (Phi) is 6.90. The highest BCUT2D eigenvalue weighted by atomic mass is 35.5. The van der Waals surface area contributed by atoms with Gasteiger partial charge in [-0.25, -0.2) is 9.50 Å². The quantitative estimate of drug-likeness (QED) is 0.286. The molecule has 0 aliphatic carbocycles. The summed E-state index contributed by atoms with van der Waals surface area (Å²) in [4.78, 5) is 29.7. The summed E-state index contributed by atoms with van der Waals surface area (Å²) in [7, 11) is 3.10. The summed E-state index contributed by atoms with van der Waals surface area (Å²) in [6.07, 6.45) is -3.22. The van der Waals surface area contributed by atoms with E-state index in [-0.39, 0.29) is 27.7 Å². The van der Waals surface area contributed by atoms with Gasteiger partial charge in [0.2, 0.25) is 0 Å². The second kappa shape index (κ2) is 10.3. The zero-order valence-electron chi connectivity index (χ0n) is 20.8. The molecule has 204 valence electrons. The summed E-state index contributed by atoms with van der Waals surface area (Å²) in [6, 6.07) is 14.8. The predicted octanol–water partition coefficient (Wildman–Crippen LogP) is 5.32. The third kappa shape index (κ3) is 5.31. The fraction of sp³-hybridized carbons (Fsp3) is 0.115. The second-order valence-electron chi connectivity index (χ2n) is 8.52. The molecular weight excluding hydrogens is 551 g/mol. The molecule has 0 spiro atoms. The molecule has 0 aliphatic heterocycles. The van der Waals surface area contributed by atoms with Crippen LogP contribution >= 0.6 is 11.6 Å². The Balaban J connectivity index is 1.47. The van der Waals surface area contributed by atoms with Crippen molar-refractivity contribution in [2.24, 2.45) is 7.05 Å². The smallest absolute Gasteiger partial charge is 0.433 e. The summed E-state index contributed by atoms with van der Waals surface area (Å²) in [5.74, 6) is -0.921. The number of hydrogen-bond acceptors (Lipinski definition) is 6. The molecule has 2 N–H and O–H groups in total. The van der Waals surface area contributed by atoms with E-state index in [1.165, 1.54) is 36.1 Å². The summed E-state index contributed by atoms with van der Waals surface area (Å²) in [6.45, 7) is 0. The Bertz CT molecular complexity index is 1760. The Hall–Kier alpha value is -4.91. The first-order valence-electron chi connectivity index (χ1n) is 11.6. The molecule has 3 heterocycles. The molecule has 0 saturated carbocycles. The van der Waals surface area contributed by atoms with Crippen LogP contribution in [0.5, 0.6) is 5.75 Å². The van der Waals surface area contributed by atoms with Gasteiger partial charge in [-0.3, -0.25) is 14.3 Å². The van der Waals surface area contributed by atoms with Gasteiger partial charge in [-0.1, -0.05) is 29.8 Å². The number of alkyl halides is 3. The number of aromatic nitrogens is 5. The number of anilines is 2. The third-order valence-corrected chi connectivity index (χ3v) is 6.08. The molecule has 0 bridgehead atoms. The van der Waals surface area contributed by atoms with Gasteiger partial charge in [-0.05, 0) is 42.5 Å². The molecule has 0 aliphatic rings. The molecule has 14 heteroatoms. The second-order valence-corrected chi connectivity index (χ2v) is 8.90. The zero-order chi connectivity index (χ0) is 28.6. The predicted molar refractivity (Wildman–Crippen MR) is 141 cm³/mol. The van der Waals surface area contributed by atoms with Crippen LogP contribution < -0.4 is 15.4 Å². The van der Waals surface area contributed by atoms with Crippen LogP contribution in [0.1, 0.15) is 26.7 Å². The molecule has 0 unspecified atom stereocenters. The van der Waals surface area contributed by atoms with E-state index in [1.807, 2.05) is 0 Å². The average molecular weight is 570 g/mol. The molecule has 3 aromatic heterocycles. The highest BCUT2D eigenvalue weighted by molar-refractivity contribution is 6.37. The zero-order valence-corrected chi connectivity index (χ0v) is 21.6. The van der Waals surface area contributed by atoms with Gasteiger partial charge >= 0.3 is 6.18 Å². The SMILES string of the molecule is COc1cccc(-c2cc(C(F)(F)F)n3nc(C(=O)Nc4cccc(NC(=O)c5ccn(C)n5)c4)c(Cl)c3n2)c1. The van der Waals surface area contributed by atoms with E-state index in [4.69, 9.17) is 16.3 Å². The minimum atomic E-state index is -4.84. The van der Waals surface area contributed by atoms with Crippen LogP contribution in [0, 0.1) is 0 Å². The maximum Gasteiger partial charge on any atom is 0.433 e. The number of carbonyl (C=O) groups is 2. The number of benzene rings is 2. The maximum atomic E-state index is 14.0. The van der Waals surface area contributed by atoms with E-state index in [0.29, 0.717) is 21.5 Å². The Morgan fingerprint density at radius 2 is 1.65 bits per heavy atom. The van der Waals surface area contributed by atoms with Crippen molar-refractivity contribution in [2.45, 2.75) is 6.18 Å². The summed E-state index contributed by atoms with van der Waals surface area (Å²) in [5.41, 5.74) is -0.910. The lowest BCUT2D eigenvalue weighted by Crippen LogP contribution is -2.16. The van der Waals surface area contributed by atoms with Gasteiger partial charge in [0.25, 0.3) is 11.8 Å². The standard InChI is InChI=1S/C26H19ClF3N7O3/c1-36-10-9-18(34-36)24(38)31-15-6-4-7-16(12-15)32-25(39)22-21(27)23-33-19(14-5-3-8-17(11-14)40-2)13-20(26(28,29)30)37(23)35-22/h3-13H,1-2H3,(H,31,38)(H,32,39). The van der Waals surface area contributed by atoms with Crippen LogP contribution in [0.15, 0.2) is 66.9 Å². The molecule has 0 fully saturated rings. The lowest BCUT2D eigenvalue weighted by Gasteiger charge is -2.11. The van der Waals surface area contributed by atoms with Crippen molar-refractivity contribution in [1.82, 2.24) is 24.4 Å². The molecule has 10 nitrogen and oxygen atoms in total. The van der Waals surface area contributed by atoms with E-state index in [2.05, 4.69) is 25.8 Å². The topological polar surface area (TPSA) is 115 Å². The highest BCUT2D eigenvalue weighted by Crippen LogP contribution is 2.35. The summed E-state index contributed by atoms with van der Waals surface area (Å²) >= 11 is 6.36. The monoisotopic (exact) mass is 569 g/mol. The average Bonchev–Trinajstić information content (AvgIpc) is 3.51. The van der Waals surface area contributed by atoms with Crippen LogP contribution in [0.2, 0.25) is 5.02 Å². The van der Waals surface area contributed by atoms with Gasteiger partial charge < -0.3 is 15.4 Å². The number of methoxy groups -OCH3 is 1. The molecule has 0 saturated heterocycles. The normalized spacial score (nSPS) is 11.4. The molecule has 0 atom stereocenters. The van der Waals surface area contributed by atoms with E-state index in [1.54, 1.807) is 43.6 Å². The number of aryl methyl sites for hydroxylation is 1. The third-order valence-electron chi connectivity index (χ3n) is 5.73. The van der Waals surface area contributed by atoms with Crippen molar-refractivity contribution in [3.8, 4) is 17.0 Å². The molecule has 5 rings (SSSR count). The van der Waals surface area contributed by atoms with E-state index < -0.39 is 29.4 Å². The molecule has 40 heavy (non-hydrogen) atoms. The number of hydrogen-bond donors (Lipinski definition) is 2. The molecule has 2 amide bonds. The maximum absolute atomic E-state index is 14.0. The van der Waals surface area contributed by atoms with Crippen molar-refractivity contribution in [3.63, 3.8) is 0 Å². The van der Waals surface area contributed by atoms with Crippen LogP contribution in [0.4, 0.5) is 24.5 Å². The van der Waals surface area contributed by atoms with E-state index in [0.717, 1.165) is 6.07 Å². The van der Waals surface area contributed by atoms with Crippen LogP contribution in [-0.4, -0.2) is 43.3 Å². The fourth-order valence-electron chi connectivity index (χ4n) is 3.87. The number of nitrogens with one attached hydrogen (secondary N) is 2. The lowest BCUT2D eigenvalue weighted by molar-refractivity contribution is -0.142. The molecular formula is C26H19ClF3N7O3. The van der Waals surface area contributed by atoms with Gasteiger partial charge in [-0.2, -0.15) is 23.4 Å². The molecule has 2 aromatic carbocycles. The van der Waals surface area contributed by atoms with E-state index >= 15 is 0 Å². The number of carbonyl (C=O) groups excluding carboxylic acids is 2. The van der Waals surface area contributed by atoms with Gasteiger partial charge in [0.05, 0.1) is 12.8 Å². The van der Waals surface area contributed by atoms with Gasteiger partial charge in [0.1, 0.15) is 10.8 Å². The molecule has 5 aromatic rings.